The van der Waals surface area contributed by atoms with E-state index in [9.17, 15) is 19.5 Å². The van der Waals surface area contributed by atoms with Crippen molar-refractivity contribution in [1.82, 2.24) is 5.32 Å². The van der Waals surface area contributed by atoms with E-state index in [2.05, 4.69) is 73.0 Å². The number of hydrogen-bond acceptors (Lipinski definition) is 4. The highest BCUT2D eigenvalue weighted by atomic mass is 16.3. The largest absolute Gasteiger partial charge is 0.507 e. The van der Waals surface area contributed by atoms with Crippen LogP contribution < -0.4 is 5.32 Å². The number of rotatable bonds is 19. The number of amides is 1. The number of carbonyl (C=O) groups excluding carboxylic acids is 3. The van der Waals surface area contributed by atoms with Crippen molar-refractivity contribution in [2.75, 3.05) is 6.54 Å². The molecule has 0 radical (unpaired) electrons. The van der Waals surface area contributed by atoms with Gasteiger partial charge in [0.15, 0.2) is 11.6 Å². The van der Waals surface area contributed by atoms with Crippen molar-refractivity contribution in [3.63, 3.8) is 0 Å². The summed E-state index contributed by atoms with van der Waals surface area (Å²) in [4.78, 5) is 35.6. The summed E-state index contributed by atoms with van der Waals surface area (Å²) in [7, 11) is 0. The third-order valence-corrected chi connectivity index (χ3v) is 5.46. The molecule has 204 valence electrons. The van der Waals surface area contributed by atoms with Crippen LogP contribution in [0, 0.1) is 0 Å². The Bertz CT molecular complexity index is 1040. The first-order chi connectivity index (χ1) is 18.4. The summed E-state index contributed by atoms with van der Waals surface area (Å²) in [6, 6.07) is 4.52. The van der Waals surface area contributed by atoms with E-state index in [-0.39, 0.29) is 41.8 Å². The minimum absolute atomic E-state index is 0.0567. The highest BCUT2D eigenvalue weighted by Crippen LogP contribution is 2.19. The molecule has 5 nitrogen and oxygen atoms in total. The monoisotopic (exact) mass is 517 g/mol. The normalized spacial score (nSPS) is 12.3. The van der Waals surface area contributed by atoms with E-state index in [0.29, 0.717) is 18.4 Å². The third-order valence-electron chi connectivity index (χ3n) is 5.46. The summed E-state index contributed by atoms with van der Waals surface area (Å²) >= 11 is 0. The summed E-state index contributed by atoms with van der Waals surface area (Å²) in [5.74, 6) is -0.698. The van der Waals surface area contributed by atoms with Crippen LogP contribution in [-0.2, 0) is 16.0 Å². The van der Waals surface area contributed by atoms with Crippen LogP contribution in [0.15, 0.2) is 91.1 Å². The van der Waals surface area contributed by atoms with Gasteiger partial charge in [0, 0.05) is 12.8 Å². The fourth-order valence-corrected chi connectivity index (χ4v) is 3.40. The maximum atomic E-state index is 12.1. The molecular weight excluding hydrogens is 474 g/mol. The van der Waals surface area contributed by atoms with Crippen molar-refractivity contribution >= 4 is 17.5 Å². The van der Waals surface area contributed by atoms with E-state index >= 15 is 0 Å². The molecule has 1 aromatic carbocycles. The average molecular weight is 518 g/mol. The molecule has 0 heterocycles. The Hall–Kier alpha value is -3.73. The van der Waals surface area contributed by atoms with Gasteiger partial charge in [0.1, 0.15) is 5.75 Å². The van der Waals surface area contributed by atoms with Crippen molar-refractivity contribution in [2.24, 2.45) is 0 Å². The zero-order chi connectivity index (χ0) is 27.8. The molecule has 5 heteroatoms. The van der Waals surface area contributed by atoms with Crippen LogP contribution in [0.3, 0.4) is 0 Å². The molecule has 0 aliphatic carbocycles. The van der Waals surface area contributed by atoms with E-state index in [1.807, 2.05) is 12.2 Å². The van der Waals surface area contributed by atoms with Gasteiger partial charge in [-0.15, -0.1) is 0 Å². The molecule has 0 aliphatic rings. The molecule has 1 aromatic rings. The minimum atomic E-state index is -0.264. The maximum absolute atomic E-state index is 12.1. The van der Waals surface area contributed by atoms with E-state index < -0.39 is 0 Å². The number of Topliss-reactive ketones (excluding diaryl/α,β-unsaturated/α-hetero) is 2. The van der Waals surface area contributed by atoms with Gasteiger partial charge in [-0.05, 0) is 69.6 Å². The summed E-state index contributed by atoms with van der Waals surface area (Å²) in [6.07, 6.45) is 32.5. The first-order valence-corrected chi connectivity index (χ1v) is 13.4. The van der Waals surface area contributed by atoms with E-state index in [1.165, 1.54) is 19.1 Å². The number of hydrogen-bond donors (Lipinski definition) is 2. The van der Waals surface area contributed by atoms with Crippen LogP contribution in [0.5, 0.6) is 5.75 Å². The Labute approximate surface area is 228 Å². The second-order valence-electron chi connectivity index (χ2n) is 8.85. The van der Waals surface area contributed by atoms with Crippen molar-refractivity contribution in [2.45, 2.75) is 71.6 Å². The highest BCUT2D eigenvalue weighted by Gasteiger charge is 2.11. The highest BCUT2D eigenvalue weighted by molar-refractivity contribution is 5.97. The van der Waals surface area contributed by atoms with Gasteiger partial charge in [0.2, 0.25) is 5.91 Å². The molecule has 0 aromatic heterocycles. The van der Waals surface area contributed by atoms with Gasteiger partial charge >= 0.3 is 0 Å². The van der Waals surface area contributed by atoms with Crippen LogP contribution in [-0.4, -0.2) is 29.1 Å². The zero-order valence-electron chi connectivity index (χ0n) is 22.9. The quantitative estimate of drug-likeness (QED) is 0.149. The lowest BCUT2D eigenvalue weighted by molar-refractivity contribution is -0.124. The van der Waals surface area contributed by atoms with Crippen LogP contribution in [0.2, 0.25) is 0 Å². The van der Waals surface area contributed by atoms with Gasteiger partial charge in [0.05, 0.1) is 12.1 Å². The fraction of sp³-hybridized carbons (Fsp3) is 0.364. The zero-order valence-corrected chi connectivity index (χ0v) is 22.9. The second kappa shape index (κ2) is 21.4. The Morgan fingerprint density at radius 2 is 1.26 bits per heavy atom. The number of phenolic OH excluding ortho intramolecular Hbond substituents is 1. The number of allylic oxidation sites excluding steroid dienone is 12. The van der Waals surface area contributed by atoms with Crippen molar-refractivity contribution in [3.8, 4) is 5.75 Å². The lowest BCUT2D eigenvalue weighted by Gasteiger charge is -2.06. The number of nitrogens with one attached hydrogen (secondary N) is 1. The first-order valence-electron chi connectivity index (χ1n) is 13.4. The van der Waals surface area contributed by atoms with Crippen LogP contribution >= 0.6 is 0 Å². The number of aromatic hydroxyl groups is 1. The standard InChI is InChI=1S/C33H43NO4/c1-3-4-5-6-7-8-9-10-11-12-13-14-15-16-17-18-19-20-21-22-33(38)34-27-30(36)25-29-23-24-32(37)31(26-29)28(2)35/h4-5,7-8,10-11,13-14,16-17,19-20,23-24,26,37H,3,6,9,12,15,18,21-22,25,27H2,1-2H3,(H,34,38)/b5-4-,8-7-,11-10-,14-13-,17-16-,20-19-. The van der Waals surface area contributed by atoms with Gasteiger partial charge in [-0.1, -0.05) is 85.9 Å². The predicted octanol–water partition coefficient (Wildman–Crippen LogP) is 7.30. The molecule has 1 amide bonds. The maximum Gasteiger partial charge on any atom is 0.220 e. The molecule has 0 saturated carbocycles. The van der Waals surface area contributed by atoms with Gasteiger partial charge in [-0.2, -0.15) is 0 Å². The third kappa shape index (κ3) is 16.9. The Kier molecular flexibility index (Phi) is 18.2. The van der Waals surface area contributed by atoms with Gasteiger partial charge in [-0.25, -0.2) is 0 Å². The summed E-state index contributed by atoms with van der Waals surface area (Å²) in [5, 5.41) is 12.3. The number of phenols is 1. The second-order valence-corrected chi connectivity index (χ2v) is 8.85. The van der Waals surface area contributed by atoms with Gasteiger partial charge in [-0.3, -0.25) is 14.4 Å². The molecular formula is C33H43NO4. The smallest absolute Gasteiger partial charge is 0.220 e. The average Bonchev–Trinajstić information content (AvgIpc) is 2.89. The van der Waals surface area contributed by atoms with Crippen molar-refractivity contribution < 1.29 is 19.5 Å². The molecule has 0 unspecified atom stereocenters. The van der Waals surface area contributed by atoms with E-state index in [1.54, 1.807) is 6.07 Å². The molecule has 0 fully saturated rings. The Balaban J connectivity index is 2.10. The van der Waals surface area contributed by atoms with Crippen molar-refractivity contribution in [3.05, 3.63) is 102 Å². The Morgan fingerprint density at radius 1 is 0.763 bits per heavy atom. The summed E-state index contributed by atoms with van der Waals surface area (Å²) in [5.41, 5.74) is 0.820. The van der Waals surface area contributed by atoms with Crippen LogP contribution in [0.1, 0.15) is 81.1 Å². The number of benzene rings is 1. The molecule has 0 saturated heterocycles. The Morgan fingerprint density at radius 3 is 1.76 bits per heavy atom. The molecule has 38 heavy (non-hydrogen) atoms. The fourth-order valence-electron chi connectivity index (χ4n) is 3.40. The van der Waals surface area contributed by atoms with E-state index in [0.717, 1.165) is 38.5 Å². The van der Waals surface area contributed by atoms with Gasteiger partial charge < -0.3 is 10.4 Å². The molecule has 0 aliphatic heterocycles. The van der Waals surface area contributed by atoms with E-state index in [4.69, 9.17) is 0 Å². The lowest BCUT2D eigenvalue weighted by atomic mass is 10.0. The summed E-state index contributed by atoms with van der Waals surface area (Å²) < 4.78 is 0. The molecule has 1 rings (SSSR count). The van der Waals surface area contributed by atoms with Gasteiger partial charge in [0.25, 0.3) is 0 Å². The topological polar surface area (TPSA) is 83.5 Å². The first kappa shape index (κ1) is 32.3. The van der Waals surface area contributed by atoms with Crippen LogP contribution in [0.4, 0.5) is 0 Å². The molecule has 0 spiro atoms. The van der Waals surface area contributed by atoms with Crippen molar-refractivity contribution in [1.29, 1.82) is 0 Å². The van der Waals surface area contributed by atoms with Crippen LogP contribution in [0.25, 0.3) is 0 Å². The SMILES string of the molecule is CC/C=C\C/C=C\C/C=C\C/C=C\C/C=C\C/C=C\CCC(=O)NCC(=O)Cc1ccc(O)c(C(C)=O)c1. The number of ketones is 2. The minimum Gasteiger partial charge on any atom is -0.507 e. The number of carbonyl (C=O) groups is 3. The molecule has 0 bridgehead atoms. The lowest BCUT2D eigenvalue weighted by Crippen LogP contribution is -2.30. The summed E-state index contributed by atoms with van der Waals surface area (Å²) in [6.45, 7) is 3.44. The predicted molar refractivity (Wildman–Crippen MR) is 157 cm³/mol. The molecule has 0 atom stereocenters. The molecule has 2 N–H and O–H groups in total.